The van der Waals surface area contributed by atoms with Crippen LogP contribution in [0.1, 0.15) is 33.6 Å². The van der Waals surface area contributed by atoms with Crippen molar-refractivity contribution in [2.24, 2.45) is 23.5 Å². The summed E-state index contributed by atoms with van der Waals surface area (Å²) in [7, 11) is 0. The lowest BCUT2D eigenvalue weighted by Gasteiger charge is -2.37. The monoisotopic (exact) mass is 255 g/mol. The summed E-state index contributed by atoms with van der Waals surface area (Å²) in [6.07, 6.45) is 2.29. The molecule has 2 atom stereocenters. The molecule has 1 rings (SSSR count). The van der Waals surface area contributed by atoms with Crippen molar-refractivity contribution in [2.75, 3.05) is 32.7 Å². The maximum absolute atomic E-state index is 11.8. The minimum Gasteiger partial charge on any atom is -0.355 e. The smallest absolute Gasteiger partial charge is 0.234 e. The fraction of sp³-hybridized carbons (Fsp3) is 0.929. The third-order valence-corrected chi connectivity index (χ3v) is 3.88. The van der Waals surface area contributed by atoms with Gasteiger partial charge in [0.1, 0.15) is 0 Å². The zero-order valence-corrected chi connectivity index (χ0v) is 12.1. The van der Waals surface area contributed by atoms with Crippen LogP contribution >= 0.6 is 0 Å². The molecular formula is C14H29N3O. The second kappa shape index (κ2) is 7.74. The summed E-state index contributed by atoms with van der Waals surface area (Å²) in [5, 5.41) is 2.98. The lowest BCUT2D eigenvalue weighted by Crippen LogP contribution is -2.47. The first-order chi connectivity index (χ1) is 8.56. The molecule has 0 aromatic carbocycles. The lowest BCUT2D eigenvalue weighted by molar-refractivity contribution is -0.123. The first-order valence-corrected chi connectivity index (χ1v) is 7.25. The number of carbonyl (C=O) groups is 1. The van der Waals surface area contributed by atoms with Crippen LogP contribution in [0.2, 0.25) is 0 Å². The molecule has 3 N–H and O–H groups in total. The highest BCUT2D eigenvalue weighted by molar-refractivity contribution is 5.78. The van der Waals surface area contributed by atoms with Gasteiger partial charge in [0, 0.05) is 13.1 Å². The van der Waals surface area contributed by atoms with E-state index >= 15 is 0 Å². The molecule has 1 amide bonds. The molecule has 1 aliphatic heterocycles. The van der Waals surface area contributed by atoms with Crippen LogP contribution in [0.4, 0.5) is 0 Å². The third kappa shape index (κ3) is 4.94. The number of rotatable bonds is 6. The molecule has 1 aliphatic rings. The van der Waals surface area contributed by atoms with Crippen LogP contribution in [0.5, 0.6) is 0 Å². The van der Waals surface area contributed by atoms with Crippen molar-refractivity contribution in [1.29, 1.82) is 0 Å². The van der Waals surface area contributed by atoms with Gasteiger partial charge in [-0.3, -0.25) is 9.69 Å². The van der Waals surface area contributed by atoms with Crippen molar-refractivity contribution in [3.8, 4) is 0 Å². The molecule has 18 heavy (non-hydrogen) atoms. The van der Waals surface area contributed by atoms with E-state index in [1.807, 2.05) is 0 Å². The van der Waals surface area contributed by atoms with Crippen LogP contribution in [0.25, 0.3) is 0 Å². The van der Waals surface area contributed by atoms with Crippen LogP contribution in [-0.4, -0.2) is 43.5 Å². The number of nitrogens with zero attached hydrogens (tertiary/aromatic N) is 1. The van der Waals surface area contributed by atoms with Crippen molar-refractivity contribution < 1.29 is 4.79 Å². The minimum atomic E-state index is 0.157. The van der Waals surface area contributed by atoms with Crippen LogP contribution in [0.15, 0.2) is 0 Å². The molecule has 1 heterocycles. The molecule has 0 saturated carbocycles. The van der Waals surface area contributed by atoms with Crippen molar-refractivity contribution in [3.63, 3.8) is 0 Å². The molecule has 4 nitrogen and oxygen atoms in total. The normalized spacial score (nSPS) is 25.4. The molecule has 0 spiro atoms. The number of nitrogens with two attached hydrogens (primary N) is 1. The lowest BCUT2D eigenvalue weighted by atomic mass is 9.84. The van der Waals surface area contributed by atoms with Gasteiger partial charge >= 0.3 is 0 Å². The Balaban J connectivity index is 2.33. The molecule has 0 bridgehead atoms. The van der Waals surface area contributed by atoms with Crippen molar-refractivity contribution in [3.05, 3.63) is 0 Å². The van der Waals surface area contributed by atoms with Crippen molar-refractivity contribution in [2.45, 2.75) is 33.6 Å². The minimum absolute atomic E-state index is 0.157. The number of nitrogens with one attached hydrogen (secondary N) is 1. The van der Waals surface area contributed by atoms with Gasteiger partial charge in [0.15, 0.2) is 0 Å². The van der Waals surface area contributed by atoms with Crippen LogP contribution < -0.4 is 11.1 Å². The summed E-state index contributed by atoms with van der Waals surface area (Å²) in [4.78, 5) is 14.1. The maximum Gasteiger partial charge on any atom is 0.234 e. The van der Waals surface area contributed by atoms with Crippen LogP contribution in [0, 0.1) is 17.8 Å². The molecule has 1 fully saturated rings. The Morgan fingerprint density at radius 1 is 1.44 bits per heavy atom. The number of piperidine rings is 1. The van der Waals surface area contributed by atoms with Crippen molar-refractivity contribution in [1.82, 2.24) is 10.2 Å². The number of likely N-dealkylation sites (tertiary alicyclic amines) is 1. The molecule has 2 unspecified atom stereocenters. The average molecular weight is 255 g/mol. The highest BCUT2D eigenvalue weighted by atomic mass is 16.2. The fourth-order valence-corrected chi connectivity index (χ4v) is 2.65. The SMILES string of the molecule is CCC1CN(CC(=O)NCC(C)C)CCC1CN. The van der Waals surface area contributed by atoms with Crippen LogP contribution in [0.3, 0.4) is 0 Å². The quantitative estimate of drug-likeness (QED) is 0.746. The van der Waals surface area contributed by atoms with Gasteiger partial charge in [-0.1, -0.05) is 27.2 Å². The second-order valence-corrected chi connectivity index (χ2v) is 5.89. The molecular weight excluding hydrogens is 226 g/mol. The topological polar surface area (TPSA) is 58.4 Å². The number of hydrogen-bond donors (Lipinski definition) is 2. The predicted molar refractivity (Wildman–Crippen MR) is 75.2 cm³/mol. The van der Waals surface area contributed by atoms with E-state index in [1.165, 1.54) is 0 Å². The van der Waals surface area contributed by atoms with E-state index in [1.54, 1.807) is 0 Å². The zero-order chi connectivity index (χ0) is 13.5. The predicted octanol–water partition coefficient (Wildman–Crippen LogP) is 1.07. The van der Waals surface area contributed by atoms with E-state index in [0.29, 0.717) is 24.3 Å². The van der Waals surface area contributed by atoms with Crippen LogP contribution in [-0.2, 0) is 4.79 Å². The molecule has 0 radical (unpaired) electrons. The van der Waals surface area contributed by atoms with Gasteiger partial charge in [0.2, 0.25) is 5.91 Å². The molecule has 0 aliphatic carbocycles. The van der Waals surface area contributed by atoms with Gasteiger partial charge in [0.05, 0.1) is 6.54 Å². The van der Waals surface area contributed by atoms with Gasteiger partial charge in [-0.2, -0.15) is 0 Å². The molecule has 0 aromatic rings. The molecule has 4 heteroatoms. The van der Waals surface area contributed by atoms with E-state index in [0.717, 1.165) is 39.0 Å². The first kappa shape index (κ1) is 15.4. The van der Waals surface area contributed by atoms with Gasteiger partial charge in [0.25, 0.3) is 0 Å². The maximum atomic E-state index is 11.8. The number of carbonyl (C=O) groups excluding carboxylic acids is 1. The highest BCUT2D eigenvalue weighted by Gasteiger charge is 2.27. The van der Waals surface area contributed by atoms with Gasteiger partial charge in [-0.15, -0.1) is 0 Å². The van der Waals surface area contributed by atoms with Crippen molar-refractivity contribution >= 4 is 5.91 Å². The van der Waals surface area contributed by atoms with E-state index in [4.69, 9.17) is 5.73 Å². The highest BCUT2D eigenvalue weighted by Crippen LogP contribution is 2.24. The van der Waals surface area contributed by atoms with E-state index in [-0.39, 0.29) is 5.91 Å². The largest absolute Gasteiger partial charge is 0.355 e. The van der Waals surface area contributed by atoms with Gasteiger partial charge < -0.3 is 11.1 Å². The average Bonchev–Trinajstić information content (AvgIpc) is 2.36. The zero-order valence-electron chi connectivity index (χ0n) is 12.1. The summed E-state index contributed by atoms with van der Waals surface area (Å²) in [6.45, 7) is 10.6. The Morgan fingerprint density at radius 3 is 2.72 bits per heavy atom. The molecule has 0 aromatic heterocycles. The molecule has 106 valence electrons. The summed E-state index contributed by atoms with van der Waals surface area (Å²) in [6, 6.07) is 0. The van der Waals surface area contributed by atoms with Gasteiger partial charge in [-0.25, -0.2) is 0 Å². The Hall–Kier alpha value is -0.610. The summed E-state index contributed by atoms with van der Waals surface area (Å²) >= 11 is 0. The summed E-state index contributed by atoms with van der Waals surface area (Å²) < 4.78 is 0. The van der Waals surface area contributed by atoms with E-state index in [2.05, 4.69) is 31.0 Å². The standard InChI is InChI=1S/C14H29N3O/c1-4-12-9-17(6-5-13(12)7-15)10-14(18)16-8-11(2)3/h11-13H,4-10,15H2,1-3H3,(H,16,18). The number of hydrogen-bond acceptors (Lipinski definition) is 3. The van der Waals surface area contributed by atoms with Gasteiger partial charge in [-0.05, 0) is 37.3 Å². The summed E-state index contributed by atoms with van der Waals surface area (Å²) in [5.41, 5.74) is 5.80. The number of amides is 1. The first-order valence-electron chi connectivity index (χ1n) is 7.25. The third-order valence-electron chi connectivity index (χ3n) is 3.88. The Kier molecular flexibility index (Phi) is 6.65. The Labute approximate surface area is 111 Å². The Bertz CT molecular complexity index is 255. The molecule has 1 saturated heterocycles. The van der Waals surface area contributed by atoms with E-state index < -0.39 is 0 Å². The Morgan fingerprint density at radius 2 is 2.17 bits per heavy atom. The van der Waals surface area contributed by atoms with E-state index in [9.17, 15) is 4.79 Å². The summed E-state index contributed by atoms with van der Waals surface area (Å²) in [5.74, 6) is 1.97. The second-order valence-electron chi connectivity index (χ2n) is 5.89. The fourth-order valence-electron chi connectivity index (χ4n) is 2.65.